The van der Waals surface area contributed by atoms with Gasteiger partial charge in [0.2, 0.25) is 5.75 Å². The highest BCUT2D eigenvalue weighted by atomic mass is 32.2. The van der Waals surface area contributed by atoms with Crippen LogP contribution >= 0.6 is 11.8 Å². The lowest BCUT2D eigenvalue weighted by molar-refractivity contribution is 0.0848. The smallest absolute Gasteiger partial charge is 0.260 e. The highest BCUT2D eigenvalue weighted by molar-refractivity contribution is 8.13. The third kappa shape index (κ3) is 4.19. The van der Waals surface area contributed by atoms with E-state index >= 15 is 0 Å². The van der Waals surface area contributed by atoms with Crippen LogP contribution in [0.3, 0.4) is 0 Å². The van der Waals surface area contributed by atoms with Crippen LogP contribution in [0, 0.1) is 0 Å². The molecule has 27 heavy (non-hydrogen) atoms. The number of para-hydroxylation sites is 1. The number of carbonyl (C=O) groups is 1. The summed E-state index contributed by atoms with van der Waals surface area (Å²) in [4.78, 5) is 19.6. The number of ether oxygens (including phenoxy) is 3. The average molecular weight is 386 g/mol. The lowest BCUT2D eigenvalue weighted by Gasteiger charge is -2.28. The van der Waals surface area contributed by atoms with E-state index < -0.39 is 0 Å². The maximum atomic E-state index is 13.2. The molecule has 0 radical (unpaired) electrons. The molecule has 3 rings (SSSR count). The van der Waals surface area contributed by atoms with Gasteiger partial charge in [0.05, 0.1) is 27.0 Å². The van der Waals surface area contributed by atoms with Gasteiger partial charge >= 0.3 is 0 Å². The molecule has 0 spiro atoms. The van der Waals surface area contributed by atoms with E-state index in [0.29, 0.717) is 34.5 Å². The molecule has 1 heterocycles. The fraction of sp³-hybridized carbons (Fsp3) is 0.300. The number of aliphatic imine (C=N–C) groups is 1. The molecule has 7 heteroatoms. The SMILES string of the molecule is COc1cc(C(=O)N2CCCSC2=Nc2ccccc2)cc(OC)c1OC. The van der Waals surface area contributed by atoms with Crippen molar-refractivity contribution in [1.82, 2.24) is 4.90 Å². The van der Waals surface area contributed by atoms with Gasteiger partial charge in [0.25, 0.3) is 5.91 Å². The number of methoxy groups -OCH3 is 3. The van der Waals surface area contributed by atoms with E-state index in [0.717, 1.165) is 17.9 Å². The van der Waals surface area contributed by atoms with Gasteiger partial charge in [0.15, 0.2) is 16.7 Å². The molecule has 1 amide bonds. The Morgan fingerprint density at radius 2 is 1.70 bits per heavy atom. The fourth-order valence-electron chi connectivity index (χ4n) is 2.81. The third-order valence-electron chi connectivity index (χ3n) is 4.13. The average Bonchev–Trinajstić information content (AvgIpc) is 2.73. The van der Waals surface area contributed by atoms with Crippen molar-refractivity contribution in [2.45, 2.75) is 6.42 Å². The Morgan fingerprint density at radius 3 is 2.30 bits per heavy atom. The van der Waals surface area contributed by atoms with Gasteiger partial charge in [-0.1, -0.05) is 30.0 Å². The normalized spacial score (nSPS) is 15.5. The van der Waals surface area contributed by atoms with Crippen LogP contribution in [0.4, 0.5) is 5.69 Å². The number of nitrogens with zero attached hydrogens (tertiary/aromatic N) is 2. The molecule has 142 valence electrons. The molecule has 6 nitrogen and oxygen atoms in total. The predicted molar refractivity (Wildman–Crippen MR) is 108 cm³/mol. The molecule has 1 aliphatic rings. The maximum Gasteiger partial charge on any atom is 0.260 e. The number of hydrogen-bond acceptors (Lipinski definition) is 6. The monoisotopic (exact) mass is 386 g/mol. The molecule has 2 aromatic rings. The summed E-state index contributed by atoms with van der Waals surface area (Å²) in [7, 11) is 4.60. The molecular formula is C20H22N2O4S. The maximum absolute atomic E-state index is 13.2. The minimum absolute atomic E-state index is 0.142. The zero-order valence-electron chi connectivity index (χ0n) is 15.6. The van der Waals surface area contributed by atoms with Gasteiger partial charge in [-0.2, -0.15) is 0 Å². The third-order valence-corrected chi connectivity index (χ3v) is 5.19. The van der Waals surface area contributed by atoms with E-state index in [9.17, 15) is 4.79 Å². The Morgan fingerprint density at radius 1 is 1.04 bits per heavy atom. The first-order valence-corrected chi connectivity index (χ1v) is 9.55. The highest BCUT2D eigenvalue weighted by Crippen LogP contribution is 2.38. The van der Waals surface area contributed by atoms with Crippen molar-refractivity contribution in [3.05, 3.63) is 48.0 Å². The number of amides is 1. The molecule has 0 aromatic heterocycles. The van der Waals surface area contributed by atoms with Crippen LogP contribution in [-0.4, -0.2) is 49.6 Å². The van der Waals surface area contributed by atoms with E-state index in [1.54, 1.807) is 28.8 Å². The van der Waals surface area contributed by atoms with Crippen molar-refractivity contribution in [3.8, 4) is 17.2 Å². The summed E-state index contributed by atoms with van der Waals surface area (Å²) >= 11 is 1.58. The van der Waals surface area contributed by atoms with Gasteiger partial charge < -0.3 is 14.2 Å². The van der Waals surface area contributed by atoms with Crippen LogP contribution in [0.1, 0.15) is 16.8 Å². The van der Waals surface area contributed by atoms with E-state index in [1.807, 2.05) is 30.3 Å². The van der Waals surface area contributed by atoms with Crippen molar-refractivity contribution in [1.29, 1.82) is 0 Å². The largest absolute Gasteiger partial charge is 0.493 e. The second kappa shape index (κ2) is 8.81. The van der Waals surface area contributed by atoms with Gasteiger partial charge in [-0.05, 0) is 30.7 Å². The lowest BCUT2D eigenvalue weighted by Crippen LogP contribution is -2.39. The van der Waals surface area contributed by atoms with Crippen LogP contribution in [-0.2, 0) is 0 Å². The Balaban J connectivity index is 1.97. The van der Waals surface area contributed by atoms with Crippen molar-refractivity contribution in [2.24, 2.45) is 4.99 Å². The van der Waals surface area contributed by atoms with Crippen LogP contribution in [0.2, 0.25) is 0 Å². The molecule has 0 unspecified atom stereocenters. The number of carbonyl (C=O) groups excluding carboxylic acids is 1. The van der Waals surface area contributed by atoms with Crippen molar-refractivity contribution in [2.75, 3.05) is 33.6 Å². The topological polar surface area (TPSA) is 60.4 Å². The molecular weight excluding hydrogens is 364 g/mol. The summed E-state index contributed by atoms with van der Waals surface area (Å²) in [5.74, 6) is 2.15. The fourth-order valence-corrected chi connectivity index (χ4v) is 3.77. The van der Waals surface area contributed by atoms with Crippen molar-refractivity contribution >= 4 is 28.5 Å². The molecule has 1 saturated heterocycles. The molecule has 0 aliphatic carbocycles. The Labute approximate surface area is 163 Å². The minimum Gasteiger partial charge on any atom is -0.493 e. The molecule has 1 fully saturated rings. The molecule has 0 N–H and O–H groups in total. The molecule has 0 atom stereocenters. The number of rotatable bonds is 5. The van der Waals surface area contributed by atoms with Crippen LogP contribution in [0.5, 0.6) is 17.2 Å². The highest BCUT2D eigenvalue weighted by Gasteiger charge is 2.27. The van der Waals surface area contributed by atoms with Gasteiger partial charge in [-0.25, -0.2) is 4.99 Å². The van der Waals surface area contributed by atoms with Crippen LogP contribution in [0.25, 0.3) is 0 Å². The minimum atomic E-state index is -0.142. The first kappa shape index (κ1) is 19.1. The standard InChI is InChI=1S/C20H22N2O4S/c1-24-16-12-14(13-17(25-2)18(16)26-3)19(23)22-10-7-11-27-20(22)21-15-8-5-4-6-9-15/h4-6,8-9,12-13H,7,10-11H2,1-3H3. The summed E-state index contributed by atoms with van der Waals surface area (Å²) in [6, 6.07) is 13.0. The molecule has 0 saturated carbocycles. The van der Waals surface area contributed by atoms with Gasteiger partial charge in [-0.3, -0.25) is 9.69 Å². The Hall–Kier alpha value is -2.67. The second-order valence-electron chi connectivity index (χ2n) is 5.80. The van der Waals surface area contributed by atoms with Crippen LogP contribution in [0.15, 0.2) is 47.5 Å². The summed E-state index contributed by atoms with van der Waals surface area (Å²) in [6.07, 6.45) is 0.911. The van der Waals surface area contributed by atoms with E-state index in [1.165, 1.54) is 21.3 Å². The van der Waals surface area contributed by atoms with Crippen molar-refractivity contribution in [3.63, 3.8) is 0 Å². The van der Waals surface area contributed by atoms with E-state index in [4.69, 9.17) is 14.2 Å². The number of amidine groups is 1. The summed E-state index contributed by atoms with van der Waals surface area (Å²) in [5.41, 5.74) is 1.29. The molecule has 1 aliphatic heterocycles. The zero-order chi connectivity index (χ0) is 19.2. The Bertz CT molecular complexity index is 814. The number of benzene rings is 2. The van der Waals surface area contributed by atoms with E-state index in [2.05, 4.69) is 4.99 Å². The quantitative estimate of drug-likeness (QED) is 0.778. The second-order valence-corrected chi connectivity index (χ2v) is 6.86. The summed E-state index contributed by atoms with van der Waals surface area (Å²) < 4.78 is 16.1. The van der Waals surface area contributed by atoms with Gasteiger partial charge in [0.1, 0.15) is 0 Å². The van der Waals surface area contributed by atoms with Crippen LogP contribution < -0.4 is 14.2 Å². The van der Waals surface area contributed by atoms with E-state index in [-0.39, 0.29) is 5.91 Å². The summed E-state index contributed by atoms with van der Waals surface area (Å²) in [6.45, 7) is 0.619. The summed E-state index contributed by atoms with van der Waals surface area (Å²) in [5, 5.41) is 0.700. The van der Waals surface area contributed by atoms with Crippen molar-refractivity contribution < 1.29 is 19.0 Å². The van der Waals surface area contributed by atoms with Gasteiger partial charge in [0, 0.05) is 17.9 Å². The Kier molecular flexibility index (Phi) is 6.24. The van der Waals surface area contributed by atoms with Gasteiger partial charge in [-0.15, -0.1) is 0 Å². The first-order chi connectivity index (χ1) is 13.2. The number of hydrogen-bond donors (Lipinski definition) is 0. The lowest BCUT2D eigenvalue weighted by atomic mass is 10.1. The predicted octanol–water partition coefficient (Wildman–Crippen LogP) is 3.98. The first-order valence-electron chi connectivity index (χ1n) is 8.56. The molecule has 0 bridgehead atoms. The number of thioether (sulfide) groups is 1. The molecule has 2 aromatic carbocycles. The zero-order valence-corrected chi connectivity index (χ0v) is 16.4.